The average molecular weight is 267 g/mol. The molecule has 2 N–H and O–H groups in total. The molecule has 2 unspecified atom stereocenters. The smallest absolute Gasteiger partial charge is 0.279 e. The van der Waals surface area contributed by atoms with E-state index in [0.717, 1.165) is 12.5 Å². The van der Waals surface area contributed by atoms with E-state index in [-0.39, 0.29) is 23.3 Å². The number of non-ortho nitro benzene ring substituents is 1. The molecule has 0 aliphatic rings. The number of nitrogens with zero attached hydrogens (tertiary/aromatic N) is 2. The lowest BCUT2D eigenvalue weighted by molar-refractivity contribution is -0.394. The maximum Gasteiger partial charge on any atom is 0.279 e. The molecular formula is C12H17N3O4. The summed E-state index contributed by atoms with van der Waals surface area (Å²) in [6.07, 6.45) is 1.24. The predicted molar refractivity (Wildman–Crippen MR) is 70.9 cm³/mol. The van der Waals surface area contributed by atoms with E-state index in [4.69, 9.17) is 5.73 Å². The maximum atomic E-state index is 11.0. The third kappa shape index (κ3) is 3.72. The number of rotatable bonds is 6. The Kier molecular flexibility index (Phi) is 4.94. The molecule has 0 aliphatic carbocycles. The third-order valence-corrected chi connectivity index (χ3v) is 3.23. The summed E-state index contributed by atoms with van der Waals surface area (Å²) in [7, 11) is 0. The highest BCUT2D eigenvalue weighted by Gasteiger charge is 2.22. The first-order chi connectivity index (χ1) is 8.86. The first-order valence-corrected chi connectivity index (χ1v) is 6.04. The van der Waals surface area contributed by atoms with Gasteiger partial charge in [-0.15, -0.1) is 0 Å². The van der Waals surface area contributed by atoms with Crippen LogP contribution in [0.2, 0.25) is 0 Å². The molecule has 0 aliphatic heterocycles. The van der Waals surface area contributed by atoms with Gasteiger partial charge in [-0.05, 0) is 25.3 Å². The Balaban J connectivity index is 3.13. The largest absolute Gasteiger partial charge is 0.328 e. The average Bonchev–Trinajstić information content (AvgIpc) is 2.35. The van der Waals surface area contributed by atoms with Crippen LogP contribution in [-0.4, -0.2) is 15.9 Å². The molecule has 0 saturated carbocycles. The SMILES string of the molecule is CCC(Cc1ccc([N+](=O)[O-])cc1[N+](=O)[O-])C(C)N. The minimum absolute atomic E-state index is 0.0835. The van der Waals surface area contributed by atoms with Crippen LogP contribution in [0.5, 0.6) is 0 Å². The molecule has 0 radical (unpaired) electrons. The van der Waals surface area contributed by atoms with Gasteiger partial charge in [-0.2, -0.15) is 0 Å². The van der Waals surface area contributed by atoms with Gasteiger partial charge in [-0.1, -0.05) is 13.3 Å². The van der Waals surface area contributed by atoms with Gasteiger partial charge in [0, 0.05) is 17.7 Å². The van der Waals surface area contributed by atoms with Crippen LogP contribution in [0.25, 0.3) is 0 Å². The van der Waals surface area contributed by atoms with Gasteiger partial charge in [0.25, 0.3) is 11.4 Å². The zero-order valence-electron chi connectivity index (χ0n) is 10.9. The molecule has 0 saturated heterocycles. The molecule has 1 aromatic carbocycles. The van der Waals surface area contributed by atoms with E-state index < -0.39 is 9.85 Å². The van der Waals surface area contributed by atoms with Crippen molar-refractivity contribution in [3.63, 3.8) is 0 Å². The molecule has 0 aromatic heterocycles. The summed E-state index contributed by atoms with van der Waals surface area (Å²) < 4.78 is 0. The Morgan fingerprint density at radius 1 is 1.26 bits per heavy atom. The highest BCUT2D eigenvalue weighted by molar-refractivity contribution is 5.49. The van der Waals surface area contributed by atoms with Crippen LogP contribution in [0.4, 0.5) is 11.4 Å². The molecule has 0 heterocycles. The number of hydrogen-bond acceptors (Lipinski definition) is 5. The standard InChI is InChI=1S/C12H17N3O4/c1-3-9(8(2)13)6-10-4-5-11(14(16)17)7-12(10)15(18)19/h4-5,7-9H,3,6,13H2,1-2H3. The number of nitrogens with two attached hydrogens (primary N) is 1. The van der Waals surface area contributed by atoms with Crippen LogP contribution in [-0.2, 0) is 6.42 Å². The topological polar surface area (TPSA) is 112 Å². The molecule has 0 bridgehead atoms. The monoisotopic (exact) mass is 267 g/mol. The number of nitro groups is 2. The van der Waals surface area contributed by atoms with Gasteiger partial charge >= 0.3 is 0 Å². The van der Waals surface area contributed by atoms with Crippen LogP contribution in [0, 0.1) is 26.1 Å². The van der Waals surface area contributed by atoms with E-state index >= 15 is 0 Å². The molecular weight excluding hydrogens is 250 g/mol. The molecule has 7 heteroatoms. The first-order valence-electron chi connectivity index (χ1n) is 6.04. The zero-order valence-corrected chi connectivity index (χ0v) is 10.9. The second kappa shape index (κ2) is 6.24. The Bertz CT molecular complexity index is 488. The number of nitro benzene ring substituents is 2. The van der Waals surface area contributed by atoms with E-state index in [1.54, 1.807) is 0 Å². The zero-order chi connectivity index (χ0) is 14.6. The number of hydrogen-bond donors (Lipinski definition) is 1. The molecule has 19 heavy (non-hydrogen) atoms. The first kappa shape index (κ1) is 15.0. The van der Waals surface area contributed by atoms with E-state index in [9.17, 15) is 20.2 Å². The molecule has 0 amide bonds. The molecule has 0 fully saturated rings. The van der Waals surface area contributed by atoms with Crippen molar-refractivity contribution in [1.29, 1.82) is 0 Å². The van der Waals surface area contributed by atoms with Crippen molar-refractivity contribution in [2.75, 3.05) is 0 Å². The summed E-state index contributed by atoms with van der Waals surface area (Å²) in [4.78, 5) is 20.4. The number of benzene rings is 1. The van der Waals surface area contributed by atoms with Gasteiger partial charge in [0.2, 0.25) is 0 Å². The fourth-order valence-electron chi connectivity index (χ4n) is 1.99. The van der Waals surface area contributed by atoms with Crippen molar-refractivity contribution in [1.82, 2.24) is 0 Å². The van der Waals surface area contributed by atoms with Crippen LogP contribution >= 0.6 is 0 Å². The van der Waals surface area contributed by atoms with E-state index in [0.29, 0.717) is 12.0 Å². The predicted octanol–water partition coefficient (Wildman–Crippen LogP) is 2.42. The van der Waals surface area contributed by atoms with Crippen LogP contribution < -0.4 is 5.73 Å². The summed E-state index contributed by atoms with van der Waals surface area (Å²) in [6, 6.07) is 3.65. The fraction of sp³-hybridized carbons (Fsp3) is 0.500. The Labute approximate surface area is 110 Å². The maximum absolute atomic E-state index is 11.0. The lowest BCUT2D eigenvalue weighted by Crippen LogP contribution is -2.27. The van der Waals surface area contributed by atoms with Crippen molar-refractivity contribution < 1.29 is 9.85 Å². The summed E-state index contributed by atoms with van der Waals surface area (Å²) >= 11 is 0. The minimum Gasteiger partial charge on any atom is -0.328 e. The second-order valence-electron chi connectivity index (χ2n) is 4.56. The molecule has 2 atom stereocenters. The van der Waals surface area contributed by atoms with Crippen LogP contribution in [0.15, 0.2) is 18.2 Å². The Hall–Kier alpha value is -2.02. The lowest BCUT2D eigenvalue weighted by atomic mass is 9.90. The summed E-state index contributed by atoms with van der Waals surface area (Å²) in [6.45, 7) is 3.82. The molecule has 1 rings (SSSR count). The minimum atomic E-state index is -0.639. The van der Waals surface area contributed by atoms with Gasteiger partial charge in [0.1, 0.15) is 0 Å². The van der Waals surface area contributed by atoms with Gasteiger partial charge in [0.05, 0.1) is 15.9 Å². The van der Waals surface area contributed by atoms with Crippen LogP contribution in [0.3, 0.4) is 0 Å². The highest BCUT2D eigenvalue weighted by Crippen LogP contribution is 2.28. The summed E-state index contributed by atoms with van der Waals surface area (Å²) in [5, 5.41) is 21.6. The van der Waals surface area contributed by atoms with Crippen LogP contribution in [0.1, 0.15) is 25.8 Å². The lowest BCUT2D eigenvalue weighted by Gasteiger charge is -2.18. The Morgan fingerprint density at radius 3 is 2.32 bits per heavy atom. The van der Waals surface area contributed by atoms with Crippen molar-refractivity contribution in [3.05, 3.63) is 44.0 Å². The molecule has 0 spiro atoms. The normalized spacial score (nSPS) is 13.8. The molecule has 7 nitrogen and oxygen atoms in total. The summed E-state index contributed by atoms with van der Waals surface area (Å²) in [5.74, 6) is 0.111. The van der Waals surface area contributed by atoms with Crippen molar-refractivity contribution in [2.45, 2.75) is 32.7 Å². The van der Waals surface area contributed by atoms with Crippen molar-refractivity contribution in [3.8, 4) is 0 Å². The second-order valence-corrected chi connectivity index (χ2v) is 4.56. The highest BCUT2D eigenvalue weighted by atomic mass is 16.6. The van der Waals surface area contributed by atoms with Gasteiger partial charge in [-0.25, -0.2) is 0 Å². The summed E-state index contributed by atoms with van der Waals surface area (Å²) in [5.41, 5.74) is 5.82. The van der Waals surface area contributed by atoms with E-state index in [1.165, 1.54) is 12.1 Å². The van der Waals surface area contributed by atoms with Crippen molar-refractivity contribution in [2.24, 2.45) is 11.7 Å². The quantitative estimate of drug-likeness (QED) is 0.628. The third-order valence-electron chi connectivity index (χ3n) is 3.23. The van der Waals surface area contributed by atoms with Gasteiger partial charge < -0.3 is 5.73 Å². The molecule has 104 valence electrons. The van der Waals surface area contributed by atoms with Gasteiger partial charge in [-0.3, -0.25) is 20.2 Å². The van der Waals surface area contributed by atoms with Crippen molar-refractivity contribution >= 4 is 11.4 Å². The van der Waals surface area contributed by atoms with Gasteiger partial charge in [0.15, 0.2) is 0 Å². The Morgan fingerprint density at radius 2 is 1.89 bits per heavy atom. The molecule has 1 aromatic rings. The van der Waals surface area contributed by atoms with E-state index in [2.05, 4.69) is 0 Å². The van der Waals surface area contributed by atoms with E-state index in [1.807, 2.05) is 13.8 Å². The fourth-order valence-corrected chi connectivity index (χ4v) is 1.99.